The standard InChI is InChI=1S/C23H26ClF2N3O4/c1-14(29-13-19(33-23(29)31)15-4-3-5-17(24)10-15)12-28-18-7-6-16(21(25)22(18)26)11-20(30)27-8-9-32-2/h3-7,10,14,19,28H,8-9,11-13H2,1-2H3,(H,27,30). The molecule has 10 heteroatoms. The predicted molar refractivity (Wildman–Crippen MR) is 120 cm³/mol. The van der Waals surface area contributed by atoms with E-state index in [-0.39, 0.29) is 36.8 Å². The van der Waals surface area contributed by atoms with Crippen molar-refractivity contribution >= 4 is 29.3 Å². The number of cyclic esters (lactones) is 1. The second-order valence-corrected chi connectivity index (χ2v) is 8.17. The second-order valence-electron chi connectivity index (χ2n) is 7.73. The quantitative estimate of drug-likeness (QED) is 0.503. The molecule has 7 nitrogen and oxygen atoms in total. The van der Waals surface area contributed by atoms with Gasteiger partial charge in [0.05, 0.1) is 25.3 Å². The summed E-state index contributed by atoms with van der Waals surface area (Å²) in [6, 6.07) is 9.47. The second kappa shape index (κ2) is 11.3. The molecule has 33 heavy (non-hydrogen) atoms. The van der Waals surface area contributed by atoms with Crippen LogP contribution in [0, 0.1) is 11.6 Å². The zero-order chi connectivity index (χ0) is 24.0. The zero-order valence-electron chi connectivity index (χ0n) is 18.4. The number of rotatable bonds is 10. The Morgan fingerprint density at radius 1 is 1.30 bits per heavy atom. The molecule has 2 N–H and O–H groups in total. The number of halogens is 3. The maximum atomic E-state index is 14.5. The van der Waals surface area contributed by atoms with E-state index in [1.54, 1.807) is 25.1 Å². The van der Waals surface area contributed by atoms with Crippen LogP contribution in [0.4, 0.5) is 19.3 Å². The molecule has 0 spiro atoms. The number of carbonyl (C=O) groups is 2. The van der Waals surface area contributed by atoms with Gasteiger partial charge in [0.15, 0.2) is 11.6 Å². The van der Waals surface area contributed by atoms with Crippen LogP contribution in [-0.4, -0.2) is 56.3 Å². The number of amides is 2. The predicted octanol–water partition coefficient (Wildman–Crippen LogP) is 3.92. The van der Waals surface area contributed by atoms with Gasteiger partial charge in [-0.3, -0.25) is 9.69 Å². The molecule has 2 amide bonds. The molecule has 1 fully saturated rings. The van der Waals surface area contributed by atoms with Crippen molar-refractivity contribution in [3.05, 3.63) is 64.2 Å². The van der Waals surface area contributed by atoms with Crippen LogP contribution in [0.15, 0.2) is 36.4 Å². The third-order valence-corrected chi connectivity index (χ3v) is 5.56. The number of nitrogens with one attached hydrogen (secondary N) is 2. The first-order valence-electron chi connectivity index (χ1n) is 10.5. The molecule has 0 saturated carbocycles. The van der Waals surface area contributed by atoms with Gasteiger partial charge in [0.1, 0.15) is 6.10 Å². The Hall–Kier alpha value is -2.91. The van der Waals surface area contributed by atoms with E-state index in [0.717, 1.165) is 5.56 Å². The Morgan fingerprint density at radius 2 is 2.09 bits per heavy atom. The van der Waals surface area contributed by atoms with Crippen molar-refractivity contribution in [1.82, 2.24) is 10.2 Å². The van der Waals surface area contributed by atoms with Crippen LogP contribution in [0.3, 0.4) is 0 Å². The Labute approximate surface area is 196 Å². The van der Waals surface area contributed by atoms with Crippen molar-refractivity contribution in [2.45, 2.75) is 25.5 Å². The molecule has 1 saturated heterocycles. The van der Waals surface area contributed by atoms with Gasteiger partial charge in [-0.25, -0.2) is 13.6 Å². The van der Waals surface area contributed by atoms with E-state index in [2.05, 4.69) is 10.6 Å². The van der Waals surface area contributed by atoms with Crippen molar-refractivity contribution in [3.8, 4) is 0 Å². The summed E-state index contributed by atoms with van der Waals surface area (Å²) in [6.45, 7) is 2.88. The van der Waals surface area contributed by atoms with E-state index < -0.39 is 29.7 Å². The molecule has 1 aliphatic rings. The Morgan fingerprint density at radius 3 is 2.82 bits per heavy atom. The molecule has 2 atom stereocenters. The number of benzene rings is 2. The third kappa shape index (κ3) is 6.33. The number of hydrogen-bond donors (Lipinski definition) is 2. The van der Waals surface area contributed by atoms with Crippen molar-refractivity contribution < 1.29 is 27.8 Å². The molecule has 2 unspecified atom stereocenters. The number of ether oxygens (including phenoxy) is 2. The topological polar surface area (TPSA) is 79.9 Å². The zero-order valence-corrected chi connectivity index (χ0v) is 19.1. The molecule has 0 radical (unpaired) electrons. The SMILES string of the molecule is COCCNC(=O)Cc1ccc(NCC(C)N2CC(c3cccc(Cl)c3)OC2=O)c(F)c1F. The van der Waals surface area contributed by atoms with Crippen LogP contribution < -0.4 is 10.6 Å². The first-order valence-corrected chi connectivity index (χ1v) is 10.9. The van der Waals surface area contributed by atoms with Gasteiger partial charge in [0.2, 0.25) is 5.91 Å². The highest BCUT2D eigenvalue weighted by atomic mass is 35.5. The minimum atomic E-state index is -1.09. The minimum Gasteiger partial charge on any atom is -0.439 e. The molecule has 0 aromatic heterocycles. The molecule has 1 heterocycles. The van der Waals surface area contributed by atoms with Crippen molar-refractivity contribution in [1.29, 1.82) is 0 Å². The highest BCUT2D eigenvalue weighted by Crippen LogP contribution is 2.29. The molecule has 1 aliphatic heterocycles. The highest BCUT2D eigenvalue weighted by Gasteiger charge is 2.35. The Kier molecular flexibility index (Phi) is 8.46. The Bertz CT molecular complexity index is 1010. The summed E-state index contributed by atoms with van der Waals surface area (Å²) in [5.41, 5.74) is 0.684. The fourth-order valence-corrected chi connectivity index (χ4v) is 3.68. The van der Waals surface area contributed by atoms with E-state index in [0.29, 0.717) is 18.2 Å². The monoisotopic (exact) mass is 481 g/mol. The lowest BCUT2D eigenvalue weighted by atomic mass is 10.1. The van der Waals surface area contributed by atoms with Crippen molar-refractivity contribution in [2.75, 3.05) is 38.7 Å². The van der Waals surface area contributed by atoms with Crippen LogP contribution in [0.5, 0.6) is 0 Å². The fraction of sp³-hybridized carbons (Fsp3) is 0.391. The number of carbonyl (C=O) groups excluding carboxylic acids is 2. The van der Waals surface area contributed by atoms with E-state index >= 15 is 0 Å². The maximum Gasteiger partial charge on any atom is 0.410 e. The van der Waals surface area contributed by atoms with E-state index in [9.17, 15) is 18.4 Å². The Balaban J connectivity index is 1.57. The van der Waals surface area contributed by atoms with Crippen molar-refractivity contribution in [2.24, 2.45) is 0 Å². The summed E-state index contributed by atoms with van der Waals surface area (Å²) in [7, 11) is 1.50. The van der Waals surface area contributed by atoms with Gasteiger partial charge in [-0.15, -0.1) is 0 Å². The number of methoxy groups -OCH3 is 1. The lowest BCUT2D eigenvalue weighted by Gasteiger charge is -2.23. The summed E-state index contributed by atoms with van der Waals surface area (Å²) in [5.74, 6) is -2.59. The van der Waals surface area contributed by atoms with Gasteiger partial charge in [-0.1, -0.05) is 29.8 Å². The van der Waals surface area contributed by atoms with Crippen LogP contribution >= 0.6 is 11.6 Å². The number of anilines is 1. The van der Waals surface area contributed by atoms with E-state index in [4.69, 9.17) is 21.1 Å². The molecule has 3 rings (SSSR count). The largest absolute Gasteiger partial charge is 0.439 e. The summed E-state index contributed by atoms with van der Waals surface area (Å²) < 4.78 is 39.3. The average Bonchev–Trinajstić information content (AvgIpc) is 3.18. The van der Waals surface area contributed by atoms with Gasteiger partial charge >= 0.3 is 6.09 Å². The van der Waals surface area contributed by atoms with Gasteiger partial charge in [0.25, 0.3) is 0 Å². The first kappa shape index (κ1) is 24.7. The van der Waals surface area contributed by atoms with Crippen LogP contribution in [0.2, 0.25) is 5.02 Å². The molecule has 0 bridgehead atoms. The summed E-state index contributed by atoms with van der Waals surface area (Å²) in [4.78, 5) is 25.7. The minimum absolute atomic E-state index is 0.0477. The lowest BCUT2D eigenvalue weighted by molar-refractivity contribution is -0.120. The van der Waals surface area contributed by atoms with Crippen molar-refractivity contribution in [3.63, 3.8) is 0 Å². The normalized spacial score (nSPS) is 16.5. The molecule has 0 aliphatic carbocycles. The van der Waals surface area contributed by atoms with Gasteiger partial charge in [-0.2, -0.15) is 0 Å². The van der Waals surface area contributed by atoms with Gasteiger partial charge in [0, 0.05) is 36.8 Å². The van der Waals surface area contributed by atoms with Crippen LogP contribution in [-0.2, 0) is 20.7 Å². The number of hydrogen-bond acceptors (Lipinski definition) is 5. The van der Waals surface area contributed by atoms with Gasteiger partial charge in [-0.05, 0) is 30.7 Å². The summed E-state index contributed by atoms with van der Waals surface area (Å²) in [6.07, 6.45) is -1.23. The number of nitrogens with zero attached hydrogens (tertiary/aromatic N) is 1. The van der Waals surface area contributed by atoms with E-state index in [1.807, 2.05) is 6.07 Å². The first-order chi connectivity index (χ1) is 15.8. The maximum absolute atomic E-state index is 14.5. The summed E-state index contributed by atoms with van der Waals surface area (Å²) >= 11 is 6.01. The molecular weight excluding hydrogens is 456 g/mol. The summed E-state index contributed by atoms with van der Waals surface area (Å²) in [5, 5.41) is 5.94. The molecule has 2 aromatic carbocycles. The van der Waals surface area contributed by atoms with E-state index in [1.165, 1.54) is 24.1 Å². The molecular formula is C23H26ClF2N3O4. The smallest absolute Gasteiger partial charge is 0.410 e. The lowest BCUT2D eigenvalue weighted by Crippen LogP contribution is -2.38. The highest BCUT2D eigenvalue weighted by molar-refractivity contribution is 6.30. The third-order valence-electron chi connectivity index (χ3n) is 5.32. The molecule has 2 aromatic rings. The fourth-order valence-electron chi connectivity index (χ4n) is 3.48. The van der Waals surface area contributed by atoms with Crippen LogP contribution in [0.1, 0.15) is 24.2 Å². The molecule has 178 valence electrons. The van der Waals surface area contributed by atoms with Crippen LogP contribution in [0.25, 0.3) is 0 Å². The van der Waals surface area contributed by atoms with Gasteiger partial charge < -0.3 is 20.1 Å². The average molecular weight is 482 g/mol.